The highest BCUT2D eigenvalue weighted by atomic mass is 16.5. The van der Waals surface area contributed by atoms with Gasteiger partial charge in [-0.15, -0.1) is 0 Å². The van der Waals surface area contributed by atoms with E-state index in [9.17, 15) is 0 Å². The lowest BCUT2D eigenvalue weighted by atomic mass is 10.2. The van der Waals surface area contributed by atoms with Crippen molar-refractivity contribution >= 4 is 6.08 Å². The number of ether oxygens (including phenoxy) is 1. The van der Waals surface area contributed by atoms with Crippen LogP contribution in [0.3, 0.4) is 0 Å². The zero-order valence-electron chi connectivity index (χ0n) is 11.7. The third-order valence-electron chi connectivity index (χ3n) is 2.78. The molecule has 0 amide bonds. The van der Waals surface area contributed by atoms with E-state index in [4.69, 9.17) is 4.74 Å². The Bertz CT molecular complexity index is 598. The molecule has 0 aromatic heterocycles. The Morgan fingerprint density at radius 2 is 1.75 bits per heavy atom. The molecule has 2 aromatic carbocycles. The molecule has 1 heteroatoms. The molecular weight excluding hydrogens is 244 g/mol. The fourth-order valence-electron chi connectivity index (χ4n) is 1.70. The topological polar surface area (TPSA) is 9.23 Å². The van der Waals surface area contributed by atoms with Crippen LogP contribution in [0.2, 0.25) is 0 Å². The molecule has 0 atom stereocenters. The molecule has 0 saturated heterocycles. The van der Waals surface area contributed by atoms with Crippen molar-refractivity contribution in [2.75, 3.05) is 13.2 Å². The summed E-state index contributed by atoms with van der Waals surface area (Å²) in [5, 5.41) is 0. The van der Waals surface area contributed by atoms with Gasteiger partial charge in [0, 0.05) is 5.56 Å². The maximum Gasteiger partial charge on any atom is 0.108 e. The van der Waals surface area contributed by atoms with E-state index in [0.717, 1.165) is 5.56 Å². The van der Waals surface area contributed by atoms with Crippen LogP contribution in [-0.2, 0) is 4.74 Å². The normalized spacial score (nSPS) is 10.2. The quantitative estimate of drug-likeness (QED) is 0.596. The molecule has 0 saturated carbocycles. The molecule has 0 fully saturated rings. The van der Waals surface area contributed by atoms with E-state index in [2.05, 4.69) is 43.0 Å². The standard InChI is InChI=1S/C19H18O/c1-17-11-13-19(14-12-17)10-6-16-20-15-5-9-18-7-3-2-4-8-18/h2-5,7-9,11-14H,15-16H2,1H3/b9-5+. The Labute approximate surface area is 120 Å². The number of benzene rings is 2. The van der Waals surface area contributed by atoms with Crippen LogP contribution in [0, 0.1) is 18.8 Å². The van der Waals surface area contributed by atoms with Gasteiger partial charge in [0.05, 0.1) is 6.61 Å². The molecule has 2 rings (SSSR count). The number of rotatable bonds is 4. The van der Waals surface area contributed by atoms with Crippen LogP contribution in [0.4, 0.5) is 0 Å². The van der Waals surface area contributed by atoms with Gasteiger partial charge in [0.2, 0.25) is 0 Å². The van der Waals surface area contributed by atoms with Crippen molar-refractivity contribution in [3.63, 3.8) is 0 Å². The van der Waals surface area contributed by atoms with Gasteiger partial charge in [-0.2, -0.15) is 0 Å². The second-order valence-electron chi connectivity index (χ2n) is 4.50. The third-order valence-corrected chi connectivity index (χ3v) is 2.78. The Balaban J connectivity index is 1.70. The van der Waals surface area contributed by atoms with Crippen LogP contribution < -0.4 is 0 Å². The summed E-state index contributed by atoms with van der Waals surface area (Å²) < 4.78 is 5.44. The van der Waals surface area contributed by atoms with Crippen LogP contribution in [0.1, 0.15) is 16.7 Å². The second kappa shape index (κ2) is 7.99. The van der Waals surface area contributed by atoms with Gasteiger partial charge in [0.25, 0.3) is 0 Å². The maximum atomic E-state index is 5.44. The van der Waals surface area contributed by atoms with Crippen molar-refractivity contribution in [3.05, 3.63) is 77.4 Å². The summed E-state index contributed by atoms with van der Waals surface area (Å²) in [4.78, 5) is 0. The highest BCUT2D eigenvalue weighted by Crippen LogP contribution is 2.01. The Morgan fingerprint density at radius 3 is 2.50 bits per heavy atom. The van der Waals surface area contributed by atoms with E-state index in [0.29, 0.717) is 13.2 Å². The predicted octanol–water partition coefficient (Wildman–Crippen LogP) is 4.08. The van der Waals surface area contributed by atoms with Gasteiger partial charge in [0.15, 0.2) is 0 Å². The van der Waals surface area contributed by atoms with Crippen LogP contribution in [0.25, 0.3) is 6.08 Å². The van der Waals surface area contributed by atoms with Crippen LogP contribution in [0.5, 0.6) is 0 Å². The molecule has 0 bridgehead atoms. The fourth-order valence-corrected chi connectivity index (χ4v) is 1.70. The van der Waals surface area contributed by atoms with Crippen molar-refractivity contribution in [1.29, 1.82) is 0 Å². The molecule has 0 radical (unpaired) electrons. The fraction of sp³-hybridized carbons (Fsp3) is 0.158. The van der Waals surface area contributed by atoms with Gasteiger partial charge in [-0.05, 0) is 24.6 Å². The SMILES string of the molecule is Cc1ccc(C#CCOC/C=C/c2ccccc2)cc1. The summed E-state index contributed by atoms with van der Waals surface area (Å²) in [6.07, 6.45) is 4.05. The second-order valence-corrected chi connectivity index (χ2v) is 4.50. The van der Waals surface area contributed by atoms with Crippen molar-refractivity contribution in [2.45, 2.75) is 6.92 Å². The smallest absolute Gasteiger partial charge is 0.108 e. The van der Waals surface area contributed by atoms with Crippen LogP contribution in [0.15, 0.2) is 60.7 Å². The molecule has 0 N–H and O–H groups in total. The molecule has 0 heterocycles. The first-order chi connectivity index (χ1) is 9.84. The van der Waals surface area contributed by atoms with Gasteiger partial charge < -0.3 is 4.74 Å². The summed E-state index contributed by atoms with van der Waals surface area (Å²) in [5.41, 5.74) is 3.46. The van der Waals surface area contributed by atoms with E-state index >= 15 is 0 Å². The maximum absolute atomic E-state index is 5.44. The van der Waals surface area contributed by atoms with Crippen molar-refractivity contribution in [2.24, 2.45) is 0 Å². The van der Waals surface area contributed by atoms with Crippen LogP contribution >= 0.6 is 0 Å². The number of hydrogen-bond donors (Lipinski definition) is 0. The van der Waals surface area contributed by atoms with Crippen LogP contribution in [-0.4, -0.2) is 13.2 Å². The molecule has 0 aliphatic carbocycles. The van der Waals surface area contributed by atoms with Crippen molar-refractivity contribution < 1.29 is 4.74 Å². The largest absolute Gasteiger partial charge is 0.365 e. The summed E-state index contributed by atoms with van der Waals surface area (Å²) in [7, 11) is 0. The first-order valence-corrected chi connectivity index (χ1v) is 6.69. The lowest BCUT2D eigenvalue weighted by Gasteiger charge is -1.94. The summed E-state index contributed by atoms with van der Waals surface area (Å²) in [6.45, 7) is 3.10. The molecule has 0 aliphatic heterocycles. The molecule has 20 heavy (non-hydrogen) atoms. The zero-order chi connectivity index (χ0) is 14.0. The van der Waals surface area contributed by atoms with E-state index < -0.39 is 0 Å². The molecular formula is C19H18O. The predicted molar refractivity (Wildman–Crippen MR) is 84.4 cm³/mol. The minimum Gasteiger partial charge on any atom is -0.365 e. The van der Waals surface area contributed by atoms with E-state index in [-0.39, 0.29) is 0 Å². The Hall–Kier alpha value is -2.30. The number of hydrogen-bond acceptors (Lipinski definition) is 1. The van der Waals surface area contributed by atoms with Gasteiger partial charge >= 0.3 is 0 Å². The molecule has 2 aromatic rings. The highest BCUT2D eigenvalue weighted by molar-refractivity contribution is 5.48. The third kappa shape index (κ3) is 5.14. The molecule has 1 nitrogen and oxygen atoms in total. The van der Waals surface area contributed by atoms with E-state index in [1.54, 1.807) is 0 Å². The lowest BCUT2D eigenvalue weighted by Crippen LogP contribution is -1.90. The lowest BCUT2D eigenvalue weighted by molar-refractivity contribution is 0.199. The minimum absolute atomic E-state index is 0.451. The highest BCUT2D eigenvalue weighted by Gasteiger charge is 1.86. The minimum atomic E-state index is 0.451. The summed E-state index contributed by atoms with van der Waals surface area (Å²) in [5.74, 6) is 6.10. The average Bonchev–Trinajstić information content (AvgIpc) is 2.49. The van der Waals surface area contributed by atoms with Gasteiger partial charge in [-0.3, -0.25) is 0 Å². The average molecular weight is 262 g/mol. The van der Waals surface area contributed by atoms with E-state index in [1.165, 1.54) is 11.1 Å². The number of aryl methyl sites for hydroxylation is 1. The van der Waals surface area contributed by atoms with Crippen molar-refractivity contribution in [1.82, 2.24) is 0 Å². The monoisotopic (exact) mass is 262 g/mol. The van der Waals surface area contributed by atoms with E-state index in [1.807, 2.05) is 42.5 Å². The summed E-state index contributed by atoms with van der Waals surface area (Å²) in [6, 6.07) is 18.4. The molecule has 0 unspecified atom stereocenters. The summed E-state index contributed by atoms with van der Waals surface area (Å²) >= 11 is 0. The first kappa shape index (κ1) is 14.1. The molecule has 100 valence electrons. The van der Waals surface area contributed by atoms with Gasteiger partial charge in [-0.25, -0.2) is 0 Å². The van der Waals surface area contributed by atoms with Gasteiger partial charge in [-0.1, -0.05) is 72.0 Å². The Kier molecular flexibility index (Phi) is 5.64. The van der Waals surface area contributed by atoms with Crippen molar-refractivity contribution in [3.8, 4) is 11.8 Å². The molecule has 0 aliphatic rings. The first-order valence-electron chi connectivity index (χ1n) is 6.69. The molecule has 0 spiro atoms. The Morgan fingerprint density at radius 1 is 1.00 bits per heavy atom. The zero-order valence-corrected chi connectivity index (χ0v) is 11.7. The van der Waals surface area contributed by atoms with Gasteiger partial charge in [0.1, 0.15) is 6.61 Å².